The predicted molar refractivity (Wildman–Crippen MR) is 43.0 cm³/mol. The molecule has 1 aromatic rings. The molecule has 0 spiro atoms. The molecule has 12 heavy (non-hydrogen) atoms. The average Bonchev–Trinajstić information content (AvgIpc) is 2.06. The second kappa shape index (κ2) is 3.61. The van der Waals surface area contributed by atoms with Crippen molar-refractivity contribution in [3.63, 3.8) is 0 Å². The highest BCUT2D eigenvalue weighted by atomic mass is 19.3. The van der Waals surface area contributed by atoms with Crippen molar-refractivity contribution in [1.82, 2.24) is 4.98 Å². The summed E-state index contributed by atoms with van der Waals surface area (Å²) in [5.74, 6) is -2.72. The zero-order valence-corrected chi connectivity index (χ0v) is 6.93. The van der Waals surface area contributed by atoms with Gasteiger partial charge >= 0.3 is 0 Å². The van der Waals surface area contributed by atoms with Crippen molar-refractivity contribution in [3.05, 3.63) is 30.1 Å². The Morgan fingerprint density at radius 3 is 2.75 bits per heavy atom. The number of nitrogens with zero attached hydrogens (tertiary/aromatic N) is 1. The molecule has 3 heteroatoms. The molecular formula is C9H11F2N. The lowest BCUT2D eigenvalue weighted by Gasteiger charge is -2.14. The van der Waals surface area contributed by atoms with Crippen LogP contribution in [0.15, 0.2) is 24.5 Å². The summed E-state index contributed by atoms with van der Waals surface area (Å²) in [4.78, 5) is 3.65. The summed E-state index contributed by atoms with van der Waals surface area (Å²) in [5.41, 5.74) is 0.00634. The van der Waals surface area contributed by atoms with Crippen molar-refractivity contribution in [2.24, 2.45) is 0 Å². The zero-order valence-electron chi connectivity index (χ0n) is 6.93. The number of alkyl halides is 2. The normalized spacial score (nSPS) is 11.6. The van der Waals surface area contributed by atoms with Crippen molar-refractivity contribution < 1.29 is 8.78 Å². The summed E-state index contributed by atoms with van der Waals surface area (Å²) >= 11 is 0. The molecular weight excluding hydrogens is 160 g/mol. The van der Waals surface area contributed by atoms with Gasteiger partial charge in [-0.25, -0.2) is 8.78 Å². The summed E-state index contributed by atoms with van der Waals surface area (Å²) < 4.78 is 26.2. The fourth-order valence-electron chi connectivity index (χ4n) is 1.04. The monoisotopic (exact) mass is 171 g/mol. The van der Waals surface area contributed by atoms with Crippen LogP contribution < -0.4 is 0 Å². The van der Waals surface area contributed by atoms with E-state index in [0.29, 0.717) is 6.42 Å². The van der Waals surface area contributed by atoms with Gasteiger partial charge in [0, 0.05) is 24.4 Å². The van der Waals surface area contributed by atoms with Gasteiger partial charge in [-0.3, -0.25) is 4.98 Å². The lowest BCUT2D eigenvalue weighted by Crippen LogP contribution is -2.12. The third-order valence-corrected chi connectivity index (χ3v) is 1.65. The molecule has 1 heterocycles. The summed E-state index contributed by atoms with van der Waals surface area (Å²) in [6.45, 7) is 1.74. The maximum atomic E-state index is 13.1. The van der Waals surface area contributed by atoms with Gasteiger partial charge in [-0.1, -0.05) is 13.3 Å². The zero-order chi connectivity index (χ0) is 9.03. The molecule has 0 saturated heterocycles. The van der Waals surface area contributed by atoms with Gasteiger partial charge in [0.1, 0.15) is 0 Å². The average molecular weight is 171 g/mol. The fourth-order valence-corrected chi connectivity index (χ4v) is 1.04. The largest absolute Gasteiger partial charge is 0.274 e. The van der Waals surface area contributed by atoms with Crippen LogP contribution >= 0.6 is 0 Å². The molecule has 1 rings (SSSR count). The lowest BCUT2D eigenvalue weighted by molar-refractivity contribution is -0.0143. The smallest absolute Gasteiger partial charge is 0.264 e. The van der Waals surface area contributed by atoms with Crippen molar-refractivity contribution in [1.29, 1.82) is 0 Å². The van der Waals surface area contributed by atoms with E-state index in [2.05, 4.69) is 4.98 Å². The molecule has 0 fully saturated rings. The molecule has 0 N–H and O–H groups in total. The minimum absolute atomic E-state index is 0.00634. The van der Waals surface area contributed by atoms with E-state index in [1.165, 1.54) is 24.5 Å². The molecule has 66 valence electrons. The number of aromatic nitrogens is 1. The van der Waals surface area contributed by atoms with Crippen LogP contribution in [0.25, 0.3) is 0 Å². The second-order valence-electron chi connectivity index (χ2n) is 2.70. The number of pyridine rings is 1. The van der Waals surface area contributed by atoms with E-state index in [1.54, 1.807) is 6.92 Å². The summed E-state index contributed by atoms with van der Waals surface area (Å²) in [6, 6.07) is 2.93. The molecule has 0 aromatic carbocycles. The maximum absolute atomic E-state index is 13.1. The summed E-state index contributed by atoms with van der Waals surface area (Å²) in [7, 11) is 0. The number of hydrogen-bond acceptors (Lipinski definition) is 1. The molecule has 0 saturated carbocycles. The Bertz CT molecular complexity index is 234. The fraction of sp³-hybridized carbons (Fsp3) is 0.444. The summed E-state index contributed by atoms with van der Waals surface area (Å²) in [5, 5.41) is 0. The molecule has 0 bridgehead atoms. The highest BCUT2D eigenvalue weighted by Gasteiger charge is 2.29. The molecule has 1 aromatic heterocycles. The van der Waals surface area contributed by atoms with Crippen LogP contribution in [-0.2, 0) is 5.92 Å². The van der Waals surface area contributed by atoms with Crippen molar-refractivity contribution in [2.45, 2.75) is 25.7 Å². The molecule has 0 atom stereocenters. The first-order valence-corrected chi connectivity index (χ1v) is 3.95. The first kappa shape index (κ1) is 9.10. The van der Waals surface area contributed by atoms with Gasteiger partial charge in [-0.15, -0.1) is 0 Å². The van der Waals surface area contributed by atoms with Crippen LogP contribution in [0.5, 0.6) is 0 Å². The standard InChI is InChI=1S/C9H11F2N/c1-2-5-9(10,11)8-4-3-6-12-7-8/h3-4,6-7H,2,5H2,1H3. The molecule has 0 aliphatic rings. The lowest BCUT2D eigenvalue weighted by atomic mass is 10.1. The number of hydrogen-bond donors (Lipinski definition) is 0. The maximum Gasteiger partial charge on any atom is 0.274 e. The first-order valence-electron chi connectivity index (χ1n) is 3.95. The van der Waals surface area contributed by atoms with E-state index in [0.717, 1.165) is 0 Å². The Hall–Kier alpha value is -0.990. The summed E-state index contributed by atoms with van der Waals surface area (Å²) in [6.07, 6.45) is 3.07. The molecule has 0 radical (unpaired) electrons. The van der Waals surface area contributed by atoms with Crippen LogP contribution in [-0.4, -0.2) is 4.98 Å². The van der Waals surface area contributed by atoms with Gasteiger partial charge in [0.25, 0.3) is 5.92 Å². The molecule has 0 aliphatic heterocycles. The first-order chi connectivity index (χ1) is 5.67. The van der Waals surface area contributed by atoms with Crippen LogP contribution in [0.4, 0.5) is 8.78 Å². The van der Waals surface area contributed by atoms with Gasteiger partial charge in [-0.2, -0.15) is 0 Å². The van der Waals surface area contributed by atoms with Gasteiger partial charge in [0.05, 0.1) is 0 Å². The van der Waals surface area contributed by atoms with E-state index in [9.17, 15) is 8.78 Å². The third kappa shape index (κ3) is 2.00. The van der Waals surface area contributed by atoms with Crippen LogP contribution in [0.2, 0.25) is 0 Å². The van der Waals surface area contributed by atoms with Crippen LogP contribution in [0, 0.1) is 0 Å². The number of halogens is 2. The Labute approximate surface area is 70.4 Å². The quantitative estimate of drug-likeness (QED) is 0.681. The minimum atomic E-state index is -2.72. The Balaban J connectivity index is 2.82. The van der Waals surface area contributed by atoms with Gasteiger partial charge in [0.2, 0.25) is 0 Å². The Morgan fingerprint density at radius 1 is 1.50 bits per heavy atom. The van der Waals surface area contributed by atoms with E-state index in [-0.39, 0.29) is 12.0 Å². The molecule has 0 amide bonds. The van der Waals surface area contributed by atoms with E-state index in [1.807, 2.05) is 0 Å². The highest BCUT2D eigenvalue weighted by molar-refractivity contribution is 5.14. The van der Waals surface area contributed by atoms with Gasteiger partial charge in [-0.05, 0) is 12.1 Å². The molecule has 1 nitrogen and oxygen atoms in total. The van der Waals surface area contributed by atoms with E-state index >= 15 is 0 Å². The van der Waals surface area contributed by atoms with Crippen molar-refractivity contribution in [2.75, 3.05) is 0 Å². The number of rotatable bonds is 3. The highest BCUT2D eigenvalue weighted by Crippen LogP contribution is 2.31. The molecule has 0 unspecified atom stereocenters. The van der Waals surface area contributed by atoms with E-state index < -0.39 is 5.92 Å². The van der Waals surface area contributed by atoms with Gasteiger partial charge < -0.3 is 0 Å². The van der Waals surface area contributed by atoms with Crippen LogP contribution in [0.3, 0.4) is 0 Å². The Kier molecular flexibility index (Phi) is 2.74. The topological polar surface area (TPSA) is 12.9 Å². The van der Waals surface area contributed by atoms with Gasteiger partial charge in [0.15, 0.2) is 0 Å². The van der Waals surface area contributed by atoms with E-state index in [4.69, 9.17) is 0 Å². The SMILES string of the molecule is CCCC(F)(F)c1cccnc1. The third-order valence-electron chi connectivity index (χ3n) is 1.65. The van der Waals surface area contributed by atoms with Crippen molar-refractivity contribution in [3.8, 4) is 0 Å². The van der Waals surface area contributed by atoms with Crippen LogP contribution in [0.1, 0.15) is 25.3 Å². The minimum Gasteiger partial charge on any atom is -0.264 e. The predicted octanol–water partition coefficient (Wildman–Crippen LogP) is 2.97. The molecule has 0 aliphatic carbocycles. The second-order valence-corrected chi connectivity index (χ2v) is 2.70. The Morgan fingerprint density at radius 2 is 2.25 bits per heavy atom. The van der Waals surface area contributed by atoms with Crippen molar-refractivity contribution >= 4 is 0 Å².